The van der Waals surface area contributed by atoms with E-state index in [1.54, 1.807) is 32.1 Å². The summed E-state index contributed by atoms with van der Waals surface area (Å²) >= 11 is 0. The molecule has 90 valence electrons. The third-order valence-corrected chi connectivity index (χ3v) is 1.28. The van der Waals surface area contributed by atoms with Crippen LogP contribution in [0.25, 0.3) is 0 Å². The molecule has 0 atom stereocenters. The van der Waals surface area contributed by atoms with Gasteiger partial charge < -0.3 is 14.5 Å². The molecule has 0 aromatic rings. The van der Waals surface area contributed by atoms with E-state index in [1.807, 2.05) is 0 Å². The Morgan fingerprint density at radius 1 is 1.38 bits per heavy atom. The van der Waals surface area contributed by atoms with Crippen LogP contribution in [0.3, 0.4) is 0 Å². The van der Waals surface area contributed by atoms with Gasteiger partial charge in [0.05, 0.1) is 6.61 Å². The highest BCUT2D eigenvalue weighted by Crippen LogP contribution is 1.84. The lowest BCUT2D eigenvalue weighted by Crippen LogP contribution is -2.08. The van der Waals surface area contributed by atoms with Gasteiger partial charge in [-0.15, -0.1) is 0 Å². The highest BCUT2D eigenvalue weighted by Gasteiger charge is 1.97. The van der Waals surface area contributed by atoms with E-state index in [1.165, 1.54) is 6.08 Å². The van der Waals surface area contributed by atoms with Gasteiger partial charge in [-0.3, -0.25) is 4.79 Å². The van der Waals surface area contributed by atoms with Gasteiger partial charge in [-0.25, -0.2) is 4.79 Å². The van der Waals surface area contributed by atoms with Crippen molar-refractivity contribution in [1.29, 1.82) is 0 Å². The van der Waals surface area contributed by atoms with E-state index in [4.69, 9.17) is 0 Å². The fourth-order valence-corrected chi connectivity index (χ4v) is 0.641. The lowest BCUT2D eigenvalue weighted by atomic mass is 10.4. The Morgan fingerprint density at radius 3 is 2.62 bits per heavy atom. The molecule has 0 aliphatic rings. The van der Waals surface area contributed by atoms with Crippen molar-refractivity contribution < 1.29 is 19.2 Å². The maximum absolute atomic E-state index is 11.1. The molecule has 0 heterocycles. The number of ether oxygens (including phenoxy) is 1. The van der Waals surface area contributed by atoms with Gasteiger partial charge >= 0.3 is 5.97 Å². The highest BCUT2D eigenvalue weighted by molar-refractivity contribution is 6.22. The van der Waals surface area contributed by atoms with Gasteiger partial charge in [-0.2, -0.15) is 0 Å². The van der Waals surface area contributed by atoms with Crippen molar-refractivity contribution >= 4 is 18.0 Å². The number of nitrogens with zero attached hydrogens (tertiary/aromatic N) is 2. The monoisotopic (exact) mass is 228 g/mol. The molecule has 0 aromatic heterocycles. The molecule has 16 heavy (non-hydrogen) atoms. The van der Waals surface area contributed by atoms with Crippen molar-refractivity contribution in [3.8, 4) is 0 Å². The van der Waals surface area contributed by atoms with Crippen molar-refractivity contribution in [2.75, 3.05) is 27.3 Å². The molecule has 0 unspecified atom stereocenters. The van der Waals surface area contributed by atoms with E-state index >= 15 is 0 Å². The lowest BCUT2D eigenvalue weighted by Gasteiger charge is -2.02. The van der Waals surface area contributed by atoms with Gasteiger partial charge in [0.1, 0.15) is 0 Å². The topological polar surface area (TPSA) is 68.2 Å². The average molecular weight is 228 g/mol. The Kier molecular flexibility index (Phi) is 7.48. The second-order valence-electron chi connectivity index (χ2n) is 3.01. The van der Waals surface area contributed by atoms with E-state index in [-0.39, 0.29) is 19.0 Å². The second kappa shape index (κ2) is 8.46. The van der Waals surface area contributed by atoms with Crippen LogP contribution in [0.5, 0.6) is 0 Å². The number of ketones is 1. The first-order chi connectivity index (χ1) is 7.56. The molecule has 0 rings (SSSR count). The predicted molar refractivity (Wildman–Crippen MR) is 58.9 cm³/mol. The van der Waals surface area contributed by atoms with Crippen LogP contribution in [0.2, 0.25) is 0 Å². The Hall–Kier alpha value is -1.85. The number of carbonyl (C=O) groups is 2. The minimum Gasteiger partial charge on any atom is -0.462 e. The van der Waals surface area contributed by atoms with Crippen LogP contribution in [-0.2, 0) is 19.2 Å². The van der Waals surface area contributed by atoms with Crippen LogP contribution in [0.1, 0.15) is 6.92 Å². The molecule has 0 fully saturated rings. The lowest BCUT2D eigenvalue weighted by molar-refractivity contribution is -0.134. The molecule has 0 saturated heterocycles. The number of esters is 1. The number of hydrogen-bond acceptors (Lipinski definition) is 6. The third kappa shape index (κ3) is 8.74. The van der Waals surface area contributed by atoms with Gasteiger partial charge in [0.15, 0.2) is 18.6 Å². The first kappa shape index (κ1) is 14.2. The Labute approximate surface area is 94.5 Å². The minimum atomic E-state index is -0.598. The summed E-state index contributed by atoms with van der Waals surface area (Å²) in [7, 11) is 3.59. The summed E-state index contributed by atoms with van der Waals surface area (Å²) in [6.07, 6.45) is 3.84. The van der Waals surface area contributed by atoms with Crippen LogP contribution in [0, 0.1) is 0 Å². The molecule has 0 spiro atoms. The summed E-state index contributed by atoms with van der Waals surface area (Å²) in [6, 6.07) is 0. The number of rotatable bonds is 7. The van der Waals surface area contributed by atoms with Gasteiger partial charge in [-0.05, 0) is 6.92 Å². The smallest absolute Gasteiger partial charge is 0.352 e. The molecule has 6 heteroatoms. The zero-order valence-corrected chi connectivity index (χ0v) is 9.67. The molecule has 0 aromatic carbocycles. The molecule has 0 amide bonds. The van der Waals surface area contributed by atoms with Crippen molar-refractivity contribution in [2.24, 2.45) is 5.16 Å². The summed E-state index contributed by atoms with van der Waals surface area (Å²) in [5, 5.41) is 3.29. The summed E-state index contributed by atoms with van der Waals surface area (Å²) in [6.45, 7) is 1.75. The molecule has 0 saturated carbocycles. The zero-order valence-electron chi connectivity index (χ0n) is 9.67. The SMILES string of the molecule is CCOC(=O)C=NOCC(=O)C=CN(C)C. The van der Waals surface area contributed by atoms with Crippen molar-refractivity contribution in [3.63, 3.8) is 0 Å². The largest absolute Gasteiger partial charge is 0.462 e. The van der Waals surface area contributed by atoms with Crippen LogP contribution in [0.4, 0.5) is 0 Å². The van der Waals surface area contributed by atoms with E-state index < -0.39 is 5.97 Å². The maximum Gasteiger partial charge on any atom is 0.352 e. The molecule has 6 nitrogen and oxygen atoms in total. The fraction of sp³-hybridized carbons (Fsp3) is 0.500. The summed E-state index contributed by atoms with van der Waals surface area (Å²) in [5.74, 6) is -0.839. The predicted octanol–water partition coefficient (Wildman–Crippen LogP) is 0.196. The van der Waals surface area contributed by atoms with Crippen LogP contribution in [-0.4, -0.2) is 50.2 Å². The van der Waals surface area contributed by atoms with Gasteiger partial charge in [0.25, 0.3) is 0 Å². The van der Waals surface area contributed by atoms with Crippen LogP contribution in [0.15, 0.2) is 17.4 Å². The average Bonchev–Trinajstić information content (AvgIpc) is 2.22. The van der Waals surface area contributed by atoms with Gasteiger partial charge in [0, 0.05) is 26.4 Å². The molecular weight excluding hydrogens is 212 g/mol. The van der Waals surface area contributed by atoms with E-state index in [2.05, 4.69) is 14.7 Å². The number of carbonyl (C=O) groups excluding carboxylic acids is 2. The standard InChI is InChI=1S/C10H16N2O4/c1-4-15-10(14)7-11-16-8-9(13)5-6-12(2)3/h5-7H,4,8H2,1-3H3. The molecule has 0 aliphatic heterocycles. The van der Waals surface area contributed by atoms with Gasteiger partial charge in [0.2, 0.25) is 0 Å². The van der Waals surface area contributed by atoms with E-state index in [9.17, 15) is 9.59 Å². The Bertz CT molecular complexity index is 285. The minimum absolute atomic E-state index is 0.208. The zero-order chi connectivity index (χ0) is 12.4. The molecule has 0 bridgehead atoms. The first-order valence-electron chi connectivity index (χ1n) is 4.75. The molecular formula is C10H16N2O4. The number of oxime groups is 1. The van der Waals surface area contributed by atoms with Crippen LogP contribution < -0.4 is 0 Å². The molecule has 0 radical (unpaired) electrons. The van der Waals surface area contributed by atoms with E-state index in [0.717, 1.165) is 6.21 Å². The normalized spacial score (nSPS) is 10.7. The van der Waals surface area contributed by atoms with Crippen LogP contribution >= 0.6 is 0 Å². The summed E-state index contributed by atoms with van der Waals surface area (Å²) in [4.78, 5) is 28.2. The highest BCUT2D eigenvalue weighted by atomic mass is 16.6. The summed E-state index contributed by atoms with van der Waals surface area (Å²) < 4.78 is 4.55. The van der Waals surface area contributed by atoms with Crippen molar-refractivity contribution in [2.45, 2.75) is 6.92 Å². The quantitative estimate of drug-likeness (QED) is 0.269. The second-order valence-corrected chi connectivity index (χ2v) is 3.01. The Balaban J connectivity index is 3.73. The molecule has 0 N–H and O–H groups in total. The van der Waals surface area contributed by atoms with Gasteiger partial charge in [-0.1, -0.05) is 5.16 Å². The van der Waals surface area contributed by atoms with Crippen molar-refractivity contribution in [3.05, 3.63) is 12.3 Å². The van der Waals surface area contributed by atoms with Crippen molar-refractivity contribution in [1.82, 2.24) is 4.90 Å². The Morgan fingerprint density at radius 2 is 2.06 bits per heavy atom. The third-order valence-electron chi connectivity index (χ3n) is 1.28. The summed E-state index contributed by atoms with van der Waals surface area (Å²) in [5.41, 5.74) is 0. The number of hydrogen-bond donors (Lipinski definition) is 0. The molecule has 0 aliphatic carbocycles. The fourth-order valence-electron chi connectivity index (χ4n) is 0.641. The maximum atomic E-state index is 11.1. The first-order valence-corrected chi connectivity index (χ1v) is 4.75. The van der Waals surface area contributed by atoms with E-state index in [0.29, 0.717) is 0 Å².